The molecule has 0 bridgehead atoms. The monoisotopic (exact) mass is 356 g/mol. The summed E-state index contributed by atoms with van der Waals surface area (Å²) < 4.78 is 39.7. The number of nitro groups is 1. The minimum atomic E-state index is -3.11. The van der Waals surface area contributed by atoms with Gasteiger partial charge in [-0.25, -0.2) is 0 Å². The van der Waals surface area contributed by atoms with Crippen LogP contribution in [0.25, 0.3) is 0 Å². The van der Waals surface area contributed by atoms with Crippen LogP contribution in [0, 0.1) is 17.0 Å². The molecule has 1 heterocycles. The average Bonchev–Trinajstić information content (AvgIpc) is 2.92. The van der Waals surface area contributed by atoms with Crippen molar-refractivity contribution in [2.75, 3.05) is 14.2 Å². The van der Waals surface area contributed by atoms with Gasteiger partial charge in [-0.2, -0.15) is 8.78 Å². The van der Waals surface area contributed by atoms with E-state index in [1.807, 2.05) is 19.1 Å². The van der Waals surface area contributed by atoms with E-state index >= 15 is 0 Å². The molecule has 0 aliphatic rings. The number of nitro benzene ring substituents is 1. The molecule has 0 aliphatic heterocycles. The SMILES string of the molecule is COc1cc(CN(C)Cc2ccc(C)o2)c([N+](=O)[O-])cc1OC(F)F. The molecular formula is C16H18F2N2O5. The van der Waals surface area contributed by atoms with Crippen molar-refractivity contribution < 1.29 is 27.6 Å². The summed E-state index contributed by atoms with van der Waals surface area (Å²) in [6.45, 7) is -0.658. The number of halogens is 2. The standard InChI is InChI=1S/C16H18F2N2O5/c1-10-4-5-12(24-10)9-19(2)8-11-6-14(23-3)15(25-16(17)18)7-13(11)20(21)22/h4-7,16H,8-9H2,1-3H3. The summed E-state index contributed by atoms with van der Waals surface area (Å²) >= 11 is 0. The largest absolute Gasteiger partial charge is 0.493 e. The van der Waals surface area contributed by atoms with Crippen LogP contribution < -0.4 is 9.47 Å². The van der Waals surface area contributed by atoms with Gasteiger partial charge in [0.2, 0.25) is 0 Å². The molecule has 2 aromatic rings. The molecular weight excluding hydrogens is 338 g/mol. The molecule has 9 heteroatoms. The van der Waals surface area contributed by atoms with Crippen molar-refractivity contribution in [1.29, 1.82) is 0 Å². The molecule has 0 saturated heterocycles. The van der Waals surface area contributed by atoms with Crippen molar-refractivity contribution in [2.45, 2.75) is 26.6 Å². The molecule has 0 amide bonds. The molecule has 0 aliphatic carbocycles. The number of hydrogen-bond acceptors (Lipinski definition) is 6. The molecule has 1 aromatic carbocycles. The van der Waals surface area contributed by atoms with E-state index in [0.29, 0.717) is 17.9 Å². The van der Waals surface area contributed by atoms with Gasteiger partial charge in [-0.3, -0.25) is 15.0 Å². The quantitative estimate of drug-likeness (QED) is 0.530. The van der Waals surface area contributed by atoms with Gasteiger partial charge < -0.3 is 13.9 Å². The Balaban J connectivity index is 2.26. The van der Waals surface area contributed by atoms with Crippen molar-refractivity contribution in [3.63, 3.8) is 0 Å². The highest BCUT2D eigenvalue weighted by atomic mass is 19.3. The second-order valence-electron chi connectivity index (χ2n) is 5.45. The molecule has 2 rings (SSSR count). The smallest absolute Gasteiger partial charge is 0.387 e. The van der Waals surface area contributed by atoms with E-state index < -0.39 is 11.5 Å². The Morgan fingerprint density at radius 2 is 2.00 bits per heavy atom. The van der Waals surface area contributed by atoms with E-state index in [-0.39, 0.29) is 23.7 Å². The molecule has 1 aromatic heterocycles. The van der Waals surface area contributed by atoms with Gasteiger partial charge in [-0.15, -0.1) is 0 Å². The first-order valence-electron chi connectivity index (χ1n) is 7.34. The molecule has 0 N–H and O–H groups in total. The second kappa shape index (κ2) is 7.93. The van der Waals surface area contributed by atoms with Crippen LogP contribution in [0.5, 0.6) is 11.5 Å². The highest BCUT2D eigenvalue weighted by Crippen LogP contribution is 2.36. The van der Waals surface area contributed by atoms with Crippen LogP contribution in [-0.4, -0.2) is 30.6 Å². The molecule has 0 unspecified atom stereocenters. The number of nitrogens with zero attached hydrogens (tertiary/aromatic N) is 2. The zero-order valence-electron chi connectivity index (χ0n) is 14.0. The molecule has 0 spiro atoms. The minimum absolute atomic E-state index is 0.00291. The lowest BCUT2D eigenvalue weighted by Gasteiger charge is -2.17. The molecule has 0 saturated carbocycles. The normalized spacial score (nSPS) is 11.2. The number of methoxy groups -OCH3 is 1. The van der Waals surface area contributed by atoms with Crippen LogP contribution >= 0.6 is 0 Å². The van der Waals surface area contributed by atoms with Crippen molar-refractivity contribution in [3.8, 4) is 11.5 Å². The number of rotatable bonds is 8. The van der Waals surface area contributed by atoms with E-state index in [4.69, 9.17) is 9.15 Å². The first-order valence-corrected chi connectivity index (χ1v) is 7.34. The predicted molar refractivity (Wildman–Crippen MR) is 84.9 cm³/mol. The Bertz CT molecular complexity index is 748. The highest BCUT2D eigenvalue weighted by Gasteiger charge is 2.22. The topological polar surface area (TPSA) is 78.0 Å². The fourth-order valence-electron chi connectivity index (χ4n) is 2.42. The van der Waals surface area contributed by atoms with Crippen molar-refractivity contribution in [2.24, 2.45) is 0 Å². The molecule has 7 nitrogen and oxygen atoms in total. The summed E-state index contributed by atoms with van der Waals surface area (Å²) in [7, 11) is 3.04. The fraction of sp³-hybridized carbons (Fsp3) is 0.375. The van der Waals surface area contributed by atoms with Gasteiger partial charge in [0.05, 0.1) is 24.6 Å². The maximum absolute atomic E-state index is 12.5. The lowest BCUT2D eigenvalue weighted by Crippen LogP contribution is -2.18. The zero-order chi connectivity index (χ0) is 18.6. The lowest BCUT2D eigenvalue weighted by atomic mass is 10.1. The van der Waals surface area contributed by atoms with Gasteiger partial charge in [-0.1, -0.05) is 0 Å². The van der Waals surface area contributed by atoms with Gasteiger partial charge in [0.25, 0.3) is 5.69 Å². The Kier molecular flexibility index (Phi) is 5.92. The number of ether oxygens (including phenoxy) is 2. The zero-order valence-corrected chi connectivity index (χ0v) is 14.0. The third-order valence-corrected chi connectivity index (χ3v) is 3.44. The van der Waals surface area contributed by atoms with Gasteiger partial charge >= 0.3 is 6.61 Å². The Hall–Kier alpha value is -2.68. The first-order chi connectivity index (χ1) is 11.8. The molecule has 25 heavy (non-hydrogen) atoms. The van der Waals surface area contributed by atoms with Gasteiger partial charge in [0.15, 0.2) is 11.5 Å². The Morgan fingerprint density at radius 1 is 1.28 bits per heavy atom. The van der Waals surface area contributed by atoms with Gasteiger partial charge in [0.1, 0.15) is 11.5 Å². The minimum Gasteiger partial charge on any atom is -0.493 e. The first kappa shape index (κ1) is 18.7. The van der Waals surface area contributed by atoms with E-state index in [9.17, 15) is 18.9 Å². The van der Waals surface area contributed by atoms with E-state index in [0.717, 1.165) is 11.8 Å². The summed E-state index contributed by atoms with van der Waals surface area (Å²) in [5.74, 6) is 1.11. The van der Waals surface area contributed by atoms with E-state index in [2.05, 4.69) is 4.74 Å². The van der Waals surface area contributed by atoms with Crippen LogP contribution in [0.3, 0.4) is 0 Å². The van der Waals surface area contributed by atoms with Crippen LogP contribution in [0.15, 0.2) is 28.7 Å². The number of benzene rings is 1. The molecule has 0 atom stereocenters. The number of alkyl halides is 2. The number of aryl methyl sites for hydroxylation is 1. The summed E-state index contributed by atoms with van der Waals surface area (Å²) in [6.07, 6.45) is 0. The van der Waals surface area contributed by atoms with Crippen LogP contribution in [0.1, 0.15) is 17.1 Å². The van der Waals surface area contributed by atoms with Crippen LogP contribution in [0.4, 0.5) is 14.5 Å². The summed E-state index contributed by atoms with van der Waals surface area (Å²) in [6, 6.07) is 5.93. The van der Waals surface area contributed by atoms with Gasteiger partial charge in [0, 0.05) is 12.1 Å². The molecule has 0 radical (unpaired) electrons. The maximum Gasteiger partial charge on any atom is 0.387 e. The Morgan fingerprint density at radius 3 is 2.52 bits per heavy atom. The van der Waals surface area contributed by atoms with Crippen molar-refractivity contribution in [3.05, 3.63) is 51.5 Å². The highest BCUT2D eigenvalue weighted by molar-refractivity contribution is 5.54. The summed E-state index contributed by atoms with van der Waals surface area (Å²) in [4.78, 5) is 12.4. The lowest BCUT2D eigenvalue weighted by molar-refractivity contribution is -0.385. The van der Waals surface area contributed by atoms with Crippen molar-refractivity contribution >= 4 is 5.69 Å². The van der Waals surface area contributed by atoms with E-state index in [1.165, 1.54) is 13.2 Å². The Labute approximate surface area is 142 Å². The molecule has 0 fully saturated rings. The number of hydrogen-bond donors (Lipinski definition) is 0. The van der Waals surface area contributed by atoms with Gasteiger partial charge in [-0.05, 0) is 32.2 Å². The predicted octanol–water partition coefficient (Wildman–Crippen LogP) is 3.74. The second-order valence-corrected chi connectivity index (χ2v) is 5.45. The fourth-order valence-corrected chi connectivity index (χ4v) is 2.42. The third-order valence-electron chi connectivity index (χ3n) is 3.44. The van der Waals surface area contributed by atoms with Crippen LogP contribution in [-0.2, 0) is 13.1 Å². The average molecular weight is 356 g/mol. The number of furan rings is 1. The summed E-state index contributed by atoms with van der Waals surface area (Å²) in [5, 5.41) is 11.3. The molecule has 136 valence electrons. The van der Waals surface area contributed by atoms with Crippen LogP contribution in [0.2, 0.25) is 0 Å². The van der Waals surface area contributed by atoms with Crippen molar-refractivity contribution in [1.82, 2.24) is 4.90 Å². The maximum atomic E-state index is 12.5. The van der Waals surface area contributed by atoms with E-state index in [1.54, 1.807) is 11.9 Å². The third kappa shape index (κ3) is 4.90. The summed E-state index contributed by atoms with van der Waals surface area (Å²) in [5.41, 5.74) is -0.00632.